The first-order valence-corrected chi connectivity index (χ1v) is 5.99. The molecule has 1 saturated heterocycles. The molecule has 2 nitrogen and oxygen atoms in total. The molecule has 0 aromatic rings. The Bertz CT molecular complexity index is 231. The molecule has 0 radical (unpaired) electrons. The molecule has 0 bridgehead atoms. The third-order valence-electron chi connectivity index (χ3n) is 3.06. The van der Waals surface area contributed by atoms with Crippen molar-refractivity contribution >= 4 is 0 Å². The molecule has 0 aromatic heterocycles. The maximum absolute atomic E-state index is 10.2. The van der Waals surface area contributed by atoms with E-state index in [4.69, 9.17) is 0 Å². The molecule has 1 aliphatic heterocycles. The second-order valence-electron chi connectivity index (χ2n) is 4.77. The third kappa shape index (κ3) is 5.20. The molecular formula is C13H23NO. The summed E-state index contributed by atoms with van der Waals surface area (Å²) in [6.45, 7) is 4.88. The van der Waals surface area contributed by atoms with Gasteiger partial charge in [0.05, 0.1) is 5.60 Å². The summed E-state index contributed by atoms with van der Waals surface area (Å²) >= 11 is 0. The van der Waals surface area contributed by atoms with Crippen LogP contribution < -0.4 is 5.32 Å². The number of hydrogen-bond donors (Lipinski definition) is 2. The average Bonchev–Trinajstić information content (AvgIpc) is 2.18. The number of hydrogen-bond acceptors (Lipinski definition) is 2. The summed E-state index contributed by atoms with van der Waals surface area (Å²) in [5, 5.41) is 13.7. The minimum absolute atomic E-state index is 0.503. The van der Waals surface area contributed by atoms with Gasteiger partial charge in [0.25, 0.3) is 0 Å². The van der Waals surface area contributed by atoms with Gasteiger partial charge >= 0.3 is 0 Å². The summed E-state index contributed by atoms with van der Waals surface area (Å²) in [6.07, 6.45) is 6.22. The summed E-state index contributed by atoms with van der Waals surface area (Å²) < 4.78 is 0. The first-order chi connectivity index (χ1) is 7.14. The number of nitrogens with one attached hydrogen (secondary N) is 1. The fourth-order valence-electron chi connectivity index (χ4n) is 2.19. The Morgan fingerprint density at radius 1 is 1.47 bits per heavy atom. The Hall–Kier alpha value is -0.520. The van der Waals surface area contributed by atoms with Crippen LogP contribution in [0.3, 0.4) is 0 Å². The van der Waals surface area contributed by atoms with Crippen LogP contribution in [0.4, 0.5) is 0 Å². The molecule has 1 aliphatic rings. The molecule has 0 aliphatic carbocycles. The Balaban J connectivity index is 2.28. The summed E-state index contributed by atoms with van der Waals surface area (Å²) in [6, 6.07) is 0.503. The van der Waals surface area contributed by atoms with Gasteiger partial charge in [-0.25, -0.2) is 0 Å². The first-order valence-electron chi connectivity index (χ1n) is 5.99. The minimum Gasteiger partial charge on any atom is -0.390 e. The van der Waals surface area contributed by atoms with Gasteiger partial charge in [-0.05, 0) is 46.1 Å². The molecule has 2 heteroatoms. The smallest absolute Gasteiger partial charge is 0.0643 e. The van der Waals surface area contributed by atoms with Gasteiger partial charge in [-0.15, -0.1) is 11.8 Å². The standard InChI is InChI=1S/C13H23NO/c1-3-4-6-9-13(2,15)11-12-8-5-7-10-14-12/h12,14-15H,5-11H2,1-2H3. The van der Waals surface area contributed by atoms with Crippen molar-refractivity contribution in [1.82, 2.24) is 5.32 Å². The highest BCUT2D eigenvalue weighted by molar-refractivity contribution is 4.97. The Morgan fingerprint density at radius 3 is 2.87 bits per heavy atom. The van der Waals surface area contributed by atoms with Crippen molar-refractivity contribution < 1.29 is 5.11 Å². The van der Waals surface area contributed by atoms with Crippen molar-refractivity contribution in [1.29, 1.82) is 0 Å². The average molecular weight is 209 g/mol. The molecule has 86 valence electrons. The lowest BCUT2D eigenvalue weighted by Gasteiger charge is -2.31. The molecular weight excluding hydrogens is 186 g/mol. The Morgan fingerprint density at radius 2 is 2.27 bits per heavy atom. The van der Waals surface area contributed by atoms with Crippen LogP contribution in [0.2, 0.25) is 0 Å². The van der Waals surface area contributed by atoms with Gasteiger partial charge in [0.2, 0.25) is 0 Å². The van der Waals surface area contributed by atoms with Gasteiger partial charge in [0, 0.05) is 12.5 Å². The molecule has 0 spiro atoms. The van der Waals surface area contributed by atoms with E-state index in [1.54, 1.807) is 0 Å². The van der Waals surface area contributed by atoms with Gasteiger partial charge in [-0.1, -0.05) is 6.42 Å². The molecule has 2 atom stereocenters. The van der Waals surface area contributed by atoms with E-state index in [2.05, 4.69) is 17.2 Å². The van der Waals surface area contributed by atoms with Crippen molar-refractivity contribution in [2.24, 2.45) is 0 Å². The lowest BCUT2D eigenvalue weighted by molar-refractivity contribution is 0.0299. The van der Waals surface area contributed by atoms with E-state index in [9.17, 15) is 5.11 Å². The van der Waals surface area contributed by atoms with Crippen LogP contribution in [0.5, 0.6) is 0 Å². The summed E-state index contributed by atoms with van der Waals surface area (Å²) in [5.41, 5.74) is -0.557. The normalized spacial score (nSPS) is 25.1. The van der Waals surface area contributed by atoms with Crippen molar-refractivity contribution in [2.45, 2.75) is 64.0 Å². The molecule has 0 saturated carbocycles. The summed E-state index contributed by atoms with van der Waals surface area (Å²) in [7, 11) is 0. The molecule has 0 aromatic carbocycles. The summed E-state index contributed by atoms with van der Waals surface area (Å²) in [5.74, 6) is 5.88. The maximum Gasteiger partial charge on any atom is 0.0643 e. The first kappa shape index (κ1) is 12.5. The van der Waals surface area contributed by atoms with E-state index in [1.807, 2.05) is 13.8 Å². The van der Waals surface area contributed by atoms with Crippen LogP contribution in [0.1, 0.15) is 52.4 Å². The largest absolute Gasteiger partial charge is 0.390 e. The molecule has 15 heavy (non-hydrogen) atoms. The summed E-state index contributed by atoms with van der Waals surface area (Å²) in [4.78, 5) is 0. The van der Waals surface area contributed by atoms with Gasteiger partial charge in [0.15, 0.2) is 0 Å². The van der Waals surface area contributed by atoms with E-state index in [1.165, 1.54) is 19.3 Å². The predicted molar refractivity (Wildman–Crippen MR) is 63.6 cm³/mol. The van der Waals surface area contributed by atoms with Crippen LogP contribution in [0.25, 0.3) is 0 Å². The minimum atomic E-state index is -0.557. The van der Waals surface area contributed by atoms with Crippen molar-refractivity contribution in [2.75, 3.05) is 6.54 Å². The molecule has 0 amide bonds. The quantitative estimate of drug-likeness (QED) is 0.695. The van der Waals surface area contributed by atoms with Gasteiger partial charge in [0.1, 0.15) is 0 Å². The van der Waals surface area contributed by atoms with Gasteiger partial charge < -0.3 is 10.4 Å². The zero-order valence-electron chi connectivity index (χ0n) is 9.97. The van der Waals surface area contributed by atoms with Crippen LogP contribution >= 0.6 is 0 Å². The van der Waals surface area contributed by atoms with Crippen LogP contribution in [-0.2, 0) is 0 Å². The number of piperidine rings is 1. The topological polar surface area (TPSA) is 32.3 Å². The predicted octanol–water partition coefficient (Wildman–Crippen LogP) is 2.07. The third-order valence-corrected chi connectivity index (χ3v) is 3.06. The number of rotatable bonds is 4. The zero-order chi connectivity index (χ0) is 11.1. The Labute approximate surface area is 93.5 Å². The molecule has 2 N–H and O–H groups in total. The monoisotopic (exact) mass is 209 g/mol. The highest BCUT2D eigenvalue weighted by atomic mass is 16.3. The second kappa shape index (κ2) is 6.15. The van der Waals surface area contributed by atoms with E-state index in [-0.39, 0.29) is 0 Å². The molecule has 1 rings (SSSR count). The van der Waals surface area contributed by atoms with Gasteiger partial charge in [-0.2, -0.15) is 0 Å². The SMILES string of the molecule is CC#CCCC(C)(O)CC1CCCCN1. The Kier molecular flexibility index (Phi) is 5.14. The van der Waals surface area contributed by atoms with E-state index in [0.717, 1.165) is 25.8 Å². The fraction of sp³-hybridized carbons (Fsp3) is 0.846. The van der Waals surface area contributed by atoms with Crippen LogP contribution in [-0.4, -0.2) is 23.3 Å². The maximum atomic E-state index is 10.2. The molecule has 1 fully saturated rings. The van der Waals surface area contributed by atoms with Crippen LogP contribution in [0.15, 0.2) is 0 Å². The molecule has 2 unspecified atom stereocenters. The molecule has 1 heterocycles. The van der Waals surface area contributed by atoms with Crippen molar-refractivity contribution in [3.05, 3.63) is 0 Å². The lowest BCUT2D eigenvalue weighted by atomic mass is 9.88. The van der Waals surface area contributed by atoms with E-state index >= 15 is 0 Å². The van der Waals surface area contributed by atoms with Gasteiger partial charge in [-0.3, -0.25) is 0 Å². The fourth-order valence-corrected chi connectivity index (χ4v) is 2.19. The van der Waals surface area contributed by atoms with Crippen LogP contribution in [0, 0.1) is 11.8 Å². The zero-order valence-corrected chi connectivity index (χ0v) is 9.97. The van der Waals surface area contributed by atoms with E-state index < -0.39 is 5.60 Å². The lowest BCUT2D eigenvalue weighted by Crippen LogP contribution is -2.40. The van der Waals surface area contributed by atoms with Crippen molar-refractivity contribution in [3.8, 4) is 11.8 Å². The van der Waals surface area contributed by atoms with Crippen molar-refractivity contribution in [3.63, 3.8) is 0 Å². The second-order valence-corrected chi connectivity index (χ2v) is 4.77. The highest BCUT2D eigenvalue weighted by Crippen LogP contribution is 2.22. The van der Waals surface area contributed by atoms with E-state index in [0.29, 0.717) is 6.04 Å². The highest BCUT2D eigenvalue weighted by Gasteiger charge is 2.25. The number of aliphatic hydroxyl groups is 1.